The third kappa shape index (κ3) is 3.61. The lowest BCUT2D eigenvalue weighted by atomic mass is 9.68. The highest BCUT2D eigenvalue weighted by atomic mass is 16.5. The largest absolute Gasteiger partial charge is 0.489 e. The van der Waals surface area contributed by atoms with Crippen molar-refractivity contribution in [3.8, 4) is 5.75 Å². The molecule has 1 unspecified atom stereocenters. The minimum absolute atomic E-state index is 0.0520. The van der Waals surface area contributed by atoms with Crippen LogP contribution in [0.3, 0.4) is 0 Å². The molecule has 0 spiro atoms. The highest BCUT2D eigenvalue weighted by molar-refractivity contribution is 6.04. The molecular formula is C23H27NO4. The Kier molecular flexibility index (Phi) is 5.45. The van der Waals surface area contributed by atoms with E-state index in [0.29, 0.717) is 35.6 Å². The predicted octanol–water partition coefficient (Wildman–Crippen LogP) is 4.03. The molecule has 0 aromatic heterocycles. The maximum atomic E-state index is 13.2. The van der Waals surface area contributed by atoms with Gasteiger partial charge in [0, 0.05) is 29.0 Å². The number of ether oxygens (including phenoxy) is 2. The van der Waals surface area contributed by atoms with Crippen molar-refractivity contribution in [2.75, 3.05) is 13.7 Å². The normalized spacial score (nSPS) is 21.0. The van der Waals surface area contributed by atoms with Gasteiger partial charge in [-0.1, -0.05) is 44.7 Å². The van der Waals surface area contributed by atoms with Crippen molar-refractivity contribution in [3.05, 3.63) is 65.0 Å². The van der Waals surface area contributed by atoms with Crippen molar-refractivity contribution >= 4 is 11.8 Å². The van der Waals surface area contributed by atoms with Crippen molar-refractivity contribution in [2.45, 2.75) is 39.5 Å². The van der Waals surface area contributed by atoms with E-state index in [1.807, 2.05) is 31.2 Å². The van der Waals surface area contributed by atoms with E-state index in [0.717, 1.165) is 17.7 Å². The van der Waals surface area contributed by atoms with Crippen molar-refractivity contribution in [1.29, 1.82) is 0 Å². The SMILES string of the molecule is C=CCOc1ccccc1C1C(C(=O)OC)=C(C)NC2=C1C(=O)CC(C)(C)C2. The standard InChI is InChI=1S/C23H27NO4/c1-6-11-28-18-10-8-7-9-15(18)20-19(22(26)27-5)14(2)24-16-12-23(3,4)13-17(25)21(16)20/h6-10,20,24H,1,11-13H2,2-5H3. The van der Waals surface area contributed by atoms with Gasteiger partial charge in [0.25, 0.3) is 0 Å². The minimum Gasteiger partial charge on any atom is -0.489 e. The van der Waals surface area contributed by atoms with Crippen LogP contribution in [0.1, 0.15) is 45.1 Å². The molecule has 0 radical (unpaired) electrons. The van der Waals surface area contributed by atoms with E-state index in [9.17, 15) is 9.59 Å². The Hall–Kier alpha value is -2.82. The van der Waals surface area contributed by atoms with Crippen molar-refractivity contribution in [1.82, 2.24) is 5.32 Å². The third-order valence-corrected chi connectivity index (χ3v) is 5.23. The molecule has 1 atom stereocenters. The zero-order valence-electron chi connectivity index (χ0n) is 16.9. The van der Waals surface area contributed by atoms with Crippen molar-refractivity contribution in [3.63, 3.8) is 0 Å². The van der Waals surface area contributed by atoms with E-state index in [1.165, 1.54) is 7.11 Å². The number of rotatable bonds is 5. The second-order valence-corrected chi connectivity index (χ2v) is 8.06. The van der Waals surface area contributed by atoms with Crippen LogP contribution in [0.25, 0.3) is 0 Å². The van der Waals surface area contributed by atoms with Gasteiger partial charge in [-0.05, 0) is 24.8 Å². The highest BCUT2D eigenvalue weighted by Gasteiger charge is 2.43. The van der Waals surface area contributed by atoms with E-state index in [2.05, 4.69) is 25.7 Å². The van der Waals surface area contributed by atoms with E-state index in [-0.39, 0.29) is 11.2 Å². The number of allylic oxidation sites excluding steroid dienone is 3. The number of hydrogen-bond donors (Lipinski definition) is 1. The Morgan fingerprint density at radius 1 is 1.32 bits per heavy atom. The molecule has 0 saturated heterocycles. The molecule has 3 rings (SSSR count). The van der Waals surface area contributed by atoms with Gasteiger partial charge in [-0.15, -0.1) is 0 Å². The van der Waals surface area contributed by atoms with Gasteiger partial charge in [-0.2, -0.15) is 0 Å². The summed E-state index contributed by atoms with van der Waals surface area (Å²) >= 11 is 0. The van der Waals surface area contributed by atoms with Crippen LogP contribution in [0.4, 0.5) is 0 Å². The van der Waals surface area contributed by atoms with Gasteiger partial charge in [0.05, 0.1) is 18.6 Å². The number of ketones is 1. The van der Waals surface area contributed by atoms with Gasteiger partial charge >= 0.3 is 5.97 Å². The molecule has 28 heavy (non-hydrogen) atoms. The maximum Gasteiger partial charge on any atom is 0.336 e. The summed E-state index contributed by atoms with van der Waals surface area (Å²) in [6.45, 7) is 10.1. The second kappa shape index (κ2) is 7.66. The molecule has 1 aromatic rings. The highest BCUT2D eigenvalue weighted by Crippen LogP contribution is 2.48. The molecule has 5 heteroatoms. The average Bonchev–Trinajstić information content (AvgIpc) is 2.64. The van der Waals surface area contributed by atoms with E-state index in [1.54, 1.807) is 6.08 Å². The summed E-state index contributed by atoms with van der Waals surface area (Å²) < 4.78 is 10.9. The lowest BCUT2D eigenvalue weighted by Crippen LogP contribution is -2.38. The summed E-state index contributed by atoms with van der Waals surface area (Å²) in [5.74, 6) is -0.282. The number of dihydropyridines is 1. The fourth-order valence-corrected chi connectivity index (χ4v) is 4.13. The number of nitrogens with one attached hydrogen (secondary N) is 1. The van der Waals surface area contributed by atoms with Gasteiger partial charge in [0.15, 0.2) is 5.78 Å². The summed E-state index contributed by atoms with van der Waals surface area (Å²) in [4.78, 5) is 25.9. The number of carbonyl (C=O) groups excluding carboxylic acids is 2. The van der Waals surface area contributed by atoms with E-state index < -0.39 is 11.9 Å². The van der Waals surface area contributed by atoms with Crippen LogP contribution >= 0.6 is 0 Å². The van der Waals surface area contributed by atoms with Crippen LogP contribution in [-0.2, 0) is 14.3 Å². The van der Waals surface area contributed by atoms with Gasteiger partial charge in [-0.25, -0.2) is 4.79 Å². The fourth-order valence-electron chi connectivity index (χ4n) is 4.13. The van der Waals surface area contributed by atoms with E-state index in [4.69, 9.17) is 9.47 Å². The van der Waals surface area contributed by atoms with Gasteiger partial charge in [0.2, 0.25) is 0 Å². The second-order valence-electron chi connectivity index (χ2n) is 8.06. The van der Waals surface area contributed by atoms with Gasteiger partial charge < -0.3 is 14.8 Å². The number of benzene rings is 1. The predicted molar refractivity (Wildman–Crippen MR) is 108 cm³/mol. The summed E-state index contributed by atoms with van der Waals surface area (Å²) in [5, 5.41) is 3.31. The molecule has 148 valence electrons. The lowest BCUT2D eigenvalue weighted by Gasteiger charge is -2.39. The summed E-state index contributed by atoms with van der Waals surface area (Å²) in [5.41, 5.74) is 3.33. The van der Waals surface area contributed by atoms with Gasteiger partial charge in [0.1, 0.15) is 12.4 Å². The van der Waals surface area contributed by atoms with Crippen LogP contribution < -0.4 is 10.1 Å². The number of hydrogen-bond acceptors (Lipinski definition) is 5. The Morgan fingerprint density at radius 2 is 2.04 bits per heavy atom. The Balaban J connectivity index is 2.21. The zero-order chi connectivity index (χ0) is 20.5. The fraction of sp³-hybridized carbons (Fsp3) is 0.391. The first-order chi connectivity index (χ1) is 13.3. The quantitative estimate of drug-likeness (QED) is 0.616. The molecule has 1 heterocycles. The zero-order valence-corrected chi connectivity index (χ0v) is 16.9. The molecule has 1 aliphatic heterocycles. The van der Waals surface area contributed by atoms with Crippen LogP contribution in [0, 0.1) is 5.41 Å². The Morgan fingerprint density at radius 3 is 2.71 bits per heavy atom. The topological polar surface area (TPSA) is 64.6 Å². The molecule has 2 aliphatic rings. The Bertz CT molecular complexity index is 892. The number of para-hydroxylation sites is 1. The minimum atomic E-state index is -0.520. The summed E-state index contributed by atoms with van der Waals surface area (Å²) in [6.07, 6.45) is 2.85. The number of esters is 1. The number of Topliss-reactive ketones (excluding diaryl/α,β-unsaturated/α-hetero) is 1. The molecule has 0 fully saturated rings. The third-order valence-electron chi connectivity index (χ3n) is 5.23. The molecule has 0 saturated carbocycles. The maximum absolute atomic E-state index is 13.2. The first kappa shape index (κ1) is 19.9. The number of methoxy groups -OCH3 is 1. The van der Waals surface area contributed by atoms with Crippen LogP contribution in [0.2, 0.25) is 0 Å². The lowest BCUT2D eigenvalue weighted by molar-refractivity contribution is -0.136. The molecular weight excluding hydrogens is 354 g/mol. The molecule has 1 aliphatic carbocycles. The average molecular weight is 381 g/mol. The van der Waals surface area contributed by atoms with E-state index >= 15 is 0 Å². The van der Waals surface area contributed by atoms with Crippen molar-refractivity contribution in [2.24, 2.45) is 5.41 Å². The summed E-state index contributed by atoms with van der Waals surface area (Å²) in [7, 11) is 1.36. The number of carbonyl (C=O) groups is 2. The smallest absolute Gasteiger partial charge is 0.336 e. The van der Waals surface area contributed by atoms with Crippen LogP contribution in [-0.4, -0.2) is 25.5 Å². The monoisotopic (exact) mass is 381 g/mol. The first-order valence-electron chi connectivity index (χ1n) is 9.44. The molecule has 5 nitrogen and oxygen atoms in total. The Labute approximate surface area is 166 Å². The molecule has 0 amide bonds. The van der Waals surface area contributed by atoms with Crippen LogP contribution in [0.5, 0.6) is 5.75 Å². The molecule has 1 aromatic carbocycles. The first-order valence-corrected chi connectivity index (χ1v) is 9.44. The molecule has 0 bridgehead atoms. The van der Waals surface area contributed by atoms with Crippen LogP contribution in [0.15, 0.2) is 59.5 Å². The van der Waals surface area contributed by atoms with Crippen molar-refractivity contribution < 1.29 is 19.1 Å². The molecule has 1 N–H and O–H groups in total. The van der Waals surface area contributed by atoms with Gasteiger partial charge in [-0.3, -0.25) is 4.79 Å². The summed E-state index contributed by atoms with van der Waals surface area (Å²) in [6, 6.07) is 7.52.